The Labute approximate surface area is 107 Å². The zero-order chi connectivity index (χ0) is 12.7. The zero-order valence-corrected chi connectivity index (χ0v) is 11.4. The normalized spacial score (nSPS) is 13.4. The van der Waals surface area contributed by atoms with Crippen LogP contribution in [0.2, 0.25) is 0 Å². The Bertz CT molecular complexity index is 415. The summed E-state index contributed by atoms with van der Waals surface area (Å²) >= 11 is 0. The summed E-state index contributed by atoms with van der Waals surface area (Å²) < 4.78 is 12.3. The van der Waals surface area contributed by atoms with E-state index in [0.717, 1.165) is 29.1 Å². The maximum absolute atomic E-state index is 12.3. The lowest BCUT2D eigenvalue weighted by molar-refractivity contribution is 0.687. The third-order valence-corrected chi connectivity index (χ3v) is 4.02. The predicted molar refractivity (Wildman–Crippen MR) is 75.4 cm³/mol. The highest BCUT2D eigenvalue weighted by atomic mass is 32.2. The van der Waals surface area contributed by atoms with Gasteiger partial charge in [-0.25, -0.2) is 4.21 Å². The van der Waals surface area contributed by atoms with Gasteiger partial charge in [0.15, 0.2) is 0 Å². The molecule has 0 aliphatic rings. The van der Waals surface area contributed by atoms with E-state index in [1.807, 2.05) is 37.3 Å². The van der Waals surface area contributed by atoms with Crippen molar-refractivity contribution in [2.75, 3.05) is 0 Å². The lowest BCUT2D eigenvalue weighted by atomic mass is 10.2. The van der Waals surface area contributed by atoms with Crippen LogP contribution in [-0.4, -0.2) is 4.21 Å². The van der Waals surface area contributed by atoms with Gasteiger partial charge < -0.3 is 0 Å². The molecule has 1 nitrogen and oxygen atoms in total. The molecule has 0 spiro atoms. The SMILES string of the molecule is C=C/C(=C\CCCC)[S@@](=O)c1ccc(C)cc1. The topological polar surface area (TPSA) is 17.1 Å². The van der Waals surface area contributed by atoms with E-state index in [2.05, 4.69) is 13.5 Å². The molecule has 0 heterocycles. The maximum atomic E-state index is 12.3. The average molecular weight is 248 g/mol. The number of unbranched alkanes of at least 4 members (excludes halogenated alkanes) is 2. The fraction of sp³-hybridized carbons (Fsp3) is 0.333. The quantitative estimate of drug-likeness (QED) is 0.540. The molecule has 0 aromatic heterocycles. The molecule has 1 atom stereocenters. The lowest BCUT2D eigenvalue weighted by Gasteiger charge is -2.03. The molecule has 0 amide bonds. The van der Waals surface area contributed by atoms with Gasteiger partial charge in [-0.2, -0.15) is 0 Å². The van der Waals surface area contributed by atoms with E-state index in [4.69, 9.17) is 0 Å². The standard InChI is InChI=1S/C15H20OS/c1-4-6-7-8-14(5-2)17(16)15-11-9-13(3)10-12-15/h5,8-12H,2,4,6-7H2,1,3H3/b14-8+/t17-/m1/s1. The van der Waals surface area contributed by atoms with Gasteiger partial charge in [0.25, 0.3) is 0 Å². The van der Waals surface area contributed by atoms with E-state index >= 15 is 0 Å². The van der Waals surface area contributed by atoms with E-state index in [-0.39, 0.29) is 0 Å². The Morgan fingerprint density at radius 1 is 1.35 bits per heavy atom. The van der Waals surface area contributed by atoms with E-state index in [1.54, 1.807) is 6.08 Å². The molecule has 0 bridgehead atoms. The molecule has 0 saturated heterocycles. The van der Waals surface area contributed by atoms with E-state index < -0.39 is 10.8 Å². The molecule has 0 aliphatic carbocycles. The van der Waals surface area contributed by atoms with Crippen LogP contribution in [0.3, 0.4) is 0 Å². The Morgan fingerprint density at radius 3 is 2.53 bits per heavy atom. The number of hydrogen-bond donors (Lipinski definition) is 0. The van der Waals surface area contributed by atoms with Crippen LogP contribution in [0.15, 0.2) is 52.8 Å². The molecule has 0 fully saturated rings. The summed E-state index contributed by atoms with van der Waals surface area (Å²) in [5, 5.41) is 0. The summed E-state index contributed by atoms with van der Waals surface area (Å²) in [6.07, 6.45) is 6.98. The van der Waals surface area contributed by atoms with Crippen LogP contribution in [0, 0.1) is 6.92 Å². The van der Waals surface area contributed by atoms with Crippen LogP contribution in [0.4, 0.5) is 0 Å². The third kappa shape index (κ3) is 4.31. The zero-order valence-electron chi connectivity index (χ0n) is 10.6. The monoisotopic (exact) mass is 248 g/mol. The molecule has 1 aromatic rings. The van der Waals surface area contributed by atoms with Crippen LogP contribution in [0.5, 0.6) is 0 Å². The van der Waals surface area contributed by atoms with E-state index in [9.17, 15) is 4.21 Å². The Balaban J connectivity index is 2.82. The highest BCUT2D eigenvalue weighted by molar-refractivity contribution is 7.89. The Morgan fingerprint density at radius 2 is 2.00 bits per heavy atom. The molecule has 2 heteroatoms. The van der Waals surface area contributed by atoms with Gasteiger partial charge in [-0.05, 0) is 25.5 Å². The molecule has 0 unspecified atom stereocenters. The molecule has 1 aromatic carbocycles. The number of allylic oxidation sites excluding steroid dienone is 2. The van der Waals surface area contributed by atoms with Crippen molar-refractivity contribution in [3.8, 4) is 0 Å². The summed E-state index contributed by atoms with van der Waals surface area (Å²) in [6, 6.07) is 7.81. The van der Waals surface area contributed by atoms with Crippen LogP contribution >= 0.6 is 0 Å². The highest BCUT2D eigenvalue weighted by Crippen LogP contribution is 2.17. The first-order valence-corrected chi connectivity index (χ1v) is 7.15. The van der Waals surface area contributed by atoms with E-state index in [1.165, 1.54) is 5.56 Å². The second-order valence-corrected chi connectivity index (χ2v) is 5.51. The van der Waals surface area contributed by atoms with Gasteiger partial charge in [-0.15, -0.1) is 0 Å². The second-order valence-electron chi connectivity index (χ2n) is 4.03. The second kappa shape index (κ2) is 7.23. The molecule has 0 radical (unpaired) electrons. The minimum Gasteiger partial charge on any atom is -0.249 e. The first kappa shape index (κ1) is 13.9. The van der Waals surface area contributed by atoms with Crippen LogP contribution in [0.1, 0.15) is 31.7 Å². The maximum Gasteiger partial charge on any atom is 0.0846 e. The number of hydrogen-bond acceptors (Lipinski definition) is 1. The van der Waals surface area contributed by atoms with Crippen molar-refractivity contribution >= 4 is 10.8 Å². The fourth-order valence-electron chi connectivity index (χ4n) is 1.48. The molecule has 0 N–H and O–H groups in total. The van der Waals surface area contributed by atoms with Gasteiger partial charge >= 0.3 is 0 Å². The van der Waals surface area contributed by atoms with Gasteiger partial charge in [0.2, 0.25) is 0 Å². The van der Waals surface area contributed by atoms with Crippen molar-refractivity contribution in [3.63, 3.8) is 0 Å². The highest BCUT2D eigenvalue weighted by Gasteiger charge is 2.06. The smallest absolute Gasteiger partial charge is 0.0846 e. The third-order valence-electron chi connectivity index (χ3n) is 2.55. The van der Waals surface area contributed by atoms with Gasteiger partial charge in [0.1, 0.15) is 0 Å². The first-order chi connectivity index (χ1) is 8.19. The van der Waals surface area contributed by atoms with Crippen LogP contribution in [0.25, 0.3) is 0 Å². The van der Waals surface area contributed by atoms with Gasteiger partial charge in [0, 0.05) is 9.80 Å². The van der Waals surface area contributed by atoms with Crippen molar-refractivity contribution in [3.05, 3.63) is 53.5 Å². The first-order valence-electron chi connectivity index (χ1n) is 6.00. The average Bonchev–Trinajstić information content (AvgIpc) is 2.35. The summed E-state index contributed by atoms with van der Waals surface area (Å²) in [5.41, 5.74) is 1.18. The predicted octanol–water partition coefficient (Wildman–Crippen LogP) is 4.36. The summed E-state index contributed by atoms with van der Waals surface area (Å²) in [5.74, 6) is 0. The molecular weight excluding hydrogens is 228 g/mol. The van der Waals surface area contributed by atoms with Gasteiger partial charge in [-0.1, -0.05) is 56.2 Å². The summed E-state index contributed by atoms with van der Waals surface area (Å²) in [6.45, 7) is 7.92. The van der Waals surface area contributed by atoms with Crippen molar-refractivity contribution in [2.24, 2.45) is 0 Å². The molecule has 17 heavy (non-hydrogen) atoms. The largest absolute Gasteiger partial charge is 0.249 e. The Kier molecular flexibility index (Phi) is 5.92. The van der Waals surface area contributed by atoms with E-state index in [0.29, 0.717) is 0 Å². The number of benzene rings is 1. The number of rotatable bonds is 6. The molecule has 92 valence electrons. The van der Waals surface area contributed by atoms with Crippen molar-refractivity contribution in [1.82, 2.24) is 0 Å². The fourth-order valence-corrected chi connectivity index (χ4v) is 2.56. The van der Waals surface area contributed by atoms with Crippen LogP contribution < -0.4 is 0 Å². The minimum absolute atomic E-state index is 0.822. The Hall–Kier alpha value is -1.15. The van der Waals surface area contributed by atoms with Crippen molar-refractivity contribution in [2.45, 2.75) is 38.0 Å². The minimum atomic E-state index is -1.09. The van der Waals surface area contributed by atoms with Crippen LogP contribution in [-0.2, 0) is 10.8 Å². The van der Waals surface area contributed by atoms with Crippen molar-refractivity contribution < 1.29 is 4.21 Å². The number of aryl methyl sites for hydroxylation is 1. The van der Waals surface area contributed by atoms with Gasteiger partial charge in [0.05, 0.1) is 10.8 Å². The van der Waals surface area contributed by atoms with Crippen molar-refractivity contribution in [1.29, 1.82) is 0 Å². The molecular formula is C15H20OS. The summed E-state index contributed by atoms with van der Waals surface area (Å²) in [4.78, 5) is 1.67. The molecule has 1 rings (SSSR count). The summed E-state index contributed by atoms with van der Waals surface area (Å²) in [7, 11) is -1.09. The van der Waals surface area contributed by atoms with Gasteiger partial charge in [-0.3, -0.25) is 0 Å². The molecule has 0 aliphatic heterocycles. The molecule has 0 saturated carbocycles. The lowest BCUT2D eigenvalue weighted by Crippen LogP contribution is -1.94.